The smallest absolute Gasteiger partial charge is 0.375 e. The van der Waals surface area contributed by atoms with E-state index in [1.165, 1.54) is 87.3 Å². The molecule has 0 aromatic heterocycles. The van der Waals surface area contributed by atoms with Gasteiger partial charge < -0.3 is 14.3 Å². The fourth-order valence-electron chi connectivity index (χ4n) is 3.95. The lowest BCUT2D eigenvalue weighted by Crippen LogP contribution is -2.05. The van der Waals surface area contributed by atoms with Crippen molar-refractivity contribution in [2.45, 2.75) is 117 Å². The molecule has 1 aromatic rings. The molecule has 0 fully saturated rings. The van der Waals surface area contributed by atoms with E-state index in [9.17, 15) is 9.79 Å². The Morgan fingerprint density at radius 2 is 1.17 bits per heavy atom. The highest BCUT2D eigenvalue weighted by atomic mass is 32.5. The summed E-state index contributed by atoms with van der Waals surface area (Å²) in [5, 5.41) is 0. The van der Waals surface area contributed by atoms with Crippen molar-refractivity contribution in [3.8, 4) is 5.75 Å². The lowest BCUT2D eigenvalue weighted by molar-refractivity contribution is 0.368. The van der Waals surface area contributed by atoms with Gasteiger partial charge in [-0.05, 0) is 61.3 Å². The molecule has 1 rings (SSSR count). The van der Waals surface area contributed by atoms with Crippen LogP contribution < -0.4 is 4.52 Å². The summed E-state index contributed by atoms with van der Waals surface area (Å²) in [7, 11) is 0. The molecule has 3 nitrogen and oxygen atoms in total. The molecule has 29 heavy (non-hydrogen) atoms. The lowest BCUT2D eigenvalue weighted by atomic mass is 9.89. The van der Waals surface area contributed by atoms with Crippen LogP contribution in [0.15, 0.2) is 12.1 Å². The van der Waals surface area contributed by atoms with Gasteiger partial charge in [-0.1, -0.05) is 84.6 Å². The number of hydrogen-bond donors (Lipinski definition) is 2. The molecule has 2 N–H and O–H groups in total. The van der Waals surface area contributed by atoms with Crippen molar-refractivity contribution in [1.29, 1.82) is 0 Å². The molecule has 0 saturated carbocycles. The third-order valence-corrected chi connectivity index (χ3v) is 6.22. The van der Waals surface area contributed by atoms with E-state index in [-0.39, 0.29) is 0 Å². The normalized spacial score (nSPS) is 11.8. The Balaban J connectivity index is 3.12. The Morgan fingerprint density at radius 1 is 0.690 bits per heavy atom. The van der Waals surface area contributed by atoms with Crippen LogP contribution in [0.1, 0.15) is 115 Å². The third-order valence-electron chi connectivity index (χ3n) is 5.56. The quantitative estimate of drug-likeness (QED) is 0.192. The van der Waals surface area contributed by atoms with E-state index in [2.05, 4.69) is 26.8 Å². The molecule has 0 atom stereocenters. The molecular formula is C24H43O3PS. The van der Waals surface area contributed by atoms with Gasteiger partial charge in [0.25, 0.3) is 0 Å². The first kappa shape index (κ1) is 26.6. The monoisotopic (exact) mass is 442 g/mol. The molecule has 168 valence electrons. The summed E-state index contributed by atoms with van der Waals surface area (Å²) in [5.74, 6) is 0.595. The lowest BCUT2D eigenvalue weighted by Gasteiger charge is -2.21. The van der Waals surface area contributed by atoms with Crippen LogP contribution in [0.2, 0.25) is 0 Å². The molecule has 0 saturated heterocycles. The summed E-state index contributed by atoms with van der Waals surface area (Å²) in [6.07, 6.45) is 17.7. The number of unbranched alkanes of at least 4 members (excludes halogenated alkanes) is 9. The van der Waals surface area contributed by atoms with Crippen LogP contribution >= 0.6 is 6.72 Å². The van der Waals surface area contributed by atoms with E-state index in [1.807, 2.05) is 6.07 Å². The van der Waals surface area contributed by atoms with Gasteiger partial charge in [-0.2, -0.15) is 0 Å². The van der Waals surface area contributed by atoms with Gasteiger partial charge in [0.2, 0.25) is 0 Å². The second kappa shape index (κ2) is 15.4. The predicted molar refractivity (Wildman–Crippen MR) is 129 cm³/mol. The van der Waals surface area contributed by atoms with Crippen LogP contribution in [-0.4, -0.2) is 9.79 Å². The fraction of sp³-hybridized carbons (Fsp3) is 0.750. The van der Waals surface area contributed by atoms with Crippen molar-refractivity contribution in [3.05, 3.63) is 28.8 Å². The molecule has 0 spiro atoms. The topological polar surface area (TPSA) is 49.7 Å². The Kier molecular flexibility index (Phi) is 14.1. The third kappa shape index (κ3) is 11.5. The van der Waals surface area contributed by atoms with Crippen molar-refractivity contribution < 1.29 is 14.3 Å². The summed E-state index contributed by atoms with van der Waals surface area (Å²) in [6, 6.07) is 4.06. The van der Waals surface area contributed by atoms with Crippen molar-refractivity contribution in [3.63, 3.8) is 0 Å². The molecule has 1 aromatic carbocycles. The fourth-order valence-corrected chi connectivity index (χ4v) is 4.62. The van der Waals surface area contributed by atoms with Crippen LogP contribution in [0.3, 0.4) is 0 Å². The molecule has 0 unspecified atom stereocenters. The second-order valence-corrected chi connectivity index (χ2v) is 10.8. The van der Waals surface area contributed by atoms with E-state index in [0.717, 1.165) is 25.7 Å². The maximum Gasteiger partial charge on any atom is 0.375 e. The van der Waals surface area contributed by atoms with Gasteiger partial charge in [-0.15, -0.1) is 0 Å². The van der Waals surface area contributed by atoms with E-state index in [4.69, 9.17) is 16.3 Å². The van der Waals surface area contributed by atoms with Crippen LogP contribution in [0, 0.1) is 0 Å². The van der Waals surface area contributed by atoms with E-state index in [1.54, 1.807) is 0 Å². The van der Waals surface area contributed by atoms with E-state index < -0.39 is 6.72 Å². The summed E-state index contributed by atoms with van der Waals surface area (Å²) in [6.45, 7) is 2.97. The largest absolute Gasteiger partial charge is 0.424 e. The zero-order chi connectivity index (χ0) is 21.5. The minimum atomic E-state index is -3.73. The molecule has 5 heteroatoms. The Labute approximate surface area is 184 Å². The number of aryl methyl sites for hydroxylation is 1. The van der Waals surface area contributed by atoms with Gasteiger partial charge in [0.15, 0.2) is 0 Å². The highest BCUT2D eigenvalue weighted by Gasteiger charge is 2.18. The van der Waals surface area contributed by atoms with Gasteiger partial charge in [-0.3, -0.25) is 0 Å². The number of rotatable bonds is 17. The minimum Gasteiger partial charge on any atom is -0.424 e. The first-order valence-corrected chi connectivity index (χ1v) is 14.4. The van der Waals surface area contributed by atoms with Gasteiger partial charge >= 0.3 is 6.72 Å². The Hall–Kier alpha value is -0.410. The average molecular weight is 443 g/mol. The molecule has 0 radical (unpaired) electrons. The maximum atomic E-state index is 9.77. The maximum absolute atomic E-state index is 9.77. The van der Waals surface area contributed by atoms with Crippen LogP contribution in [-0.2, 0) is 31.1 Å². The van der Waals surface area contributed by atoms with Crippen LogP contribution in [0.25, 0.3) is 0 Å². The zero-order valence-corrected chi connectivity index (χ0v) is 20.6. The standard InChI is InChI=1S/C24H43O3PS/c1-4-7-10-13-16-21-19-20-24(27-28(25,26)29)23(18-15-12-9-6-3)22(21)17-14-11-8-5-2/h19-20H,4-18H2,1-3H3,(H2,25,26,29). The van der Waals surface area contributed by atoms with Gasteiger partial charge in [0, 0.05) is 11.8 Å². The van der Waals surface area contributed by atoms with Gasteiger partial charge in [-0.25, -0.2) is 0 Å². The van der Waals surface area contributed by atoms with Crippen molar-refractivity contribution in [1.82, 2.24) is 0 Å². The van der Waals surface area contributed by atoms with E-state index >= 15 is 0 Å². The van der Waals surface area contributed by atoms with Crippen molar-refractivity contribution in [2.75, 3.05) is 0 Å². The number of hydrogen-bond acceptors (Lipinski definition) is 2. The van der Waals surface area contributed by atoms with Crippen LogP contribution in [0.5, 0.6) is 5.75 Å². The first-order valence-electron chi connectivity index (χ1n) is 11.8. The second-order valence-electron chi connectivity index (χ2n) is 8.19. The SMILES string of the molecule is CCCCCCc1ccc(OP(O)(O)=S)c(CCCCCC)c1CCCCCC. The van der Waals surface area contributed by atoms with Crippen LogP contribution in [0.4, 0.5) is 0 Å². The zero-order valence-electron chi connectivity index (χ0n) is 18.9. The number of benzene rings is 1. The molecular weight excluding hydrogens is 399 g/mol. The average Bonchev–Trinajstić information content (AvgIpc) is 2.67. The highest BCUT2D eigenvalue weighted by Crippen LogP contribution is 2.42. The van der Waals surface area contributed by atoms with E-state index in [0.29, 0.717) is 5.75 Å². The van der Waals surface area contributed by atoms with Crippen molar-refractivity contribution >= 4 is 18.5 Å². The molecule has 0 heterocycles. The molecule has 0 bridgehead atoms. The first-order chi connectivity index (χ1) is 13.9. The minimum absolute atomic E-state index is 0.595. The van der Waals surface area contributed by atoms with Gasteiger partial charge in [0.1, 0.15) is 5.75 Å². The summed E-state index contributed by atoms with van der Waals surface area (Å²) >= 11 is 4.78. The molecule has 0 amide bonds. The highest BCUT2D eigenvalue weighted by molar-refractivity contribution is 8.06. The predicted octanol–water partition coefficient (Wildman–Crippen LogP) is 7.64. The molecule has 0 aliphatic heterocycles. The Morgan fingerprint density at radius 3 is 1.66 bits per heavy atom. The summed E-state index contributed by atoms with van der Waals surface area (Å²) in [4.78, 5) is 19.5. The summed E-state index contributed by atoms with van der Waals surface area (Å²) in [5.41, 5.74) is 3.97. The van der Waals surface area contributed by atoms with Gasteiger partial charge in [0.05, 0.1) is 0 Å². The summed E-state index contributed by atoms with van der Waals surface area (Å²) < 4.78 is 5.49. The molecule has 0 aliphatic rings. The Bertz CT molecular complexity index is 612. The van der Waals surface area contributed by atoms with Crippen molar-refractivity contribution in [2.24, 2.45) is 0 Å². The molecule has 0 aliphatic carbocycles.